The van der Waals surface area contributed by atoms with Gasteiger partial charge in [0.25, 0.3) is 0 Å². The second kappa shape index (κ2) is 2.55. The normalized spacial score (nSPS) is 15.2. The molecule has 58 valence electrons. The zero-order valence-corrected chi connectivity index (χ0v) is 6.46. The van der Waals surface area contributed by atoms with Crippen LogP contribution >= 0.6 is 0 Å². The fraction of sp³-hybridized carbons (Fsp3) is 0.333. The number of hydrogen-bond acceptors (Lipinski definition) is 2. The molecule has 2 N–H and O–H groups in total. The van der Waals surface area contributed by atoms with Crippen molar-refractivity contribution in [2.24, 2.45) is 5.73 Å². The molecule has 0 amide bonds. The first-order chi connectivity index (χ1) is 5.42. The molecule has 2 rings (SSSR count). The van der Waals surface area contributed by atoms with E-state index < -0.39 is 0 Å². The van der Waals surface area contributed by atoms with Gasteiger partial charge in [-0.25, -0.2) is 0 Å². The van der Waals surface area contributed by atoms with Crippen LogP contribution in [0.25, 0.3) is 0 Å². The molecule has 0 saturated carbocycles. The predicted molar refractivity (Wildman–Crippen MR) is 46.5 cm³/mol. The molecule has 0 unspecified atom stereocenters. The second-order valence-electron chi connectivity index (χ2n) is 2.82. The molecule has 1 aromatic rings. The van der Waals surface area contributed by atoms with Gasteiger partial charge in [-0.15, -0.1) is 0 Å². The van der Waals surface area contributed by atoms with E-state index >= 15 is 0 Å². The van der Waals surface area contributed by atoms with Crippen molar-refractivity contribution in [3.05, 3.63) is 29.8 Å². The molecular formula is C9H12N2. The Morgan fingerprint density at radius 2 is 2.00 bits per heavy atom. The first-order valence-corrected chi connectivity index (χ1v) is 3.95. The average Bonchev–Trinajstić information content (AvgIpc) is 2.87. The van der Waals surface area contributed by atoms with Crippen LogP contribution in [0.3, 0.4) is 0 Å². The van der Waals surface area contributed by atoms with Gasteiger partial charge in [-0.1, -0.05) is 18.2 Å². The van der Waals surface area contributed by atoms with Crippen molar-refractivity contribution in [2.45, 2.75) is 6.54 Å². The van der Waals surface area contributed by atoms with Gasteiger partial charge in [0.2, 0.25) is 0 Å². The Labute approximate surface area is 66.6 Å². The van der Waals surface area contributed by atoms with Gasteiger partial charge in [0.1, 0.15) is 0 Å². The van der Waals surface area contributed by atoms with Crippen molar-refractivity contribution < 1.29 is 0 Å². The van der Waals surface area contributed by atoms with Crippen LogP contribution < -0.4 is 10.6 Å². The Bertz CT molecular complexity index is 253. The summed E-state index contributed by atoms with van der Waals surface area (Å²) in [5, 5.41) is 0. The summed E-state index contributed by atoms with van der Waals surface area (Å²) in [7, 11) is 0. The van der Waals surface area contributed by atoms with E-state index in [1.165, 1.54) is 24.3 Å². The van der Waals surface area contributed by atoms with Crippen LogP contribution in [0.15, 0.2) is 24.3 Å². The predicted octanol–water partition coefficient (Wildman–Crippen LogP) is 0.965. The molecule has 1 aliphatic heterocycles. The van der Waals surface area contributed by atoms with E-state index in [1.807, 2.05) is 6.07 Å². The number of para-hydroxylation sites is 1. The second-order valence-corrected chi connectivity index (χ2v) is 2.82. The minimum absolute atomic E-state index is 0.646. The van der Waals surface area contributed by atoms with Crippen LogP contribution in [0.4, 0.5) is 5.69 Å². The molecule has 2 heteroatoms. The highest BCUT2D eigenvalue weighted by Crippen LogP contribution is 2.24. The zero-order valence-electron chi connectivity index (χ0n) is 6.46. The van der Waals surface area contributed by atoms with Crippen molar-refractivity contribution in [2.75, 3.05) is 18.0 Å². The van der Waals surface area contributed by atoms with Crippen LogP contribution in [0.1, 0.15) is 5.56 Å². The molecule has 1 fully saturated rings. The highest BCUT2D eigenvalue weighted by atomic mass is 15.3. The monoisotopic (exact) mass is 148 g/mol. The number of rotatable bonds is 2. The summed E-state index contributed by atoms with van der Waals surface area (Å²) in [6.45, 7) is 3.03. The highest BCUT2D eigenvalue weighted by Gasteiger charge is 2.19. The third-order valence-electron chi connectivity index (χ3n) is 2.00. The summed E-state index contributed by atoms with van der Waals surface area (Å²) in [5.74, 6) is 0. The van der Waals surface area contributed by atoms with E-state index in [4.69, 9.17) is 5.73 Å². The molecule has 0 bridgehead atoms. The van der Waals surface area contributed by atoms with Gasteiger partial charge in [-0.2, -0.15) is 0 Å². The maximum atomic E-state index is 5.59. The molecule has 0 atom stereocenters. The van der Waals surface area contributed by atoms with Crippen LogP contribution in [0, 0.1) is 0 Å². The molecule has 11 heavy (non-hydrogen) atoms. The molecule has 0 aliphatic carbocycles. The number of anilines is 1. The van der Waals surface area contributed by atoms with E-state index in [9.17, 15) is 0 Å². The van der Waals surface area contributed by atoms with Crippen LogP contribution in [0.5, 0.6) is 0 Å². The maximum Gasteiger partial charge on any atom is 0.0412 e. The summed E-state index contributed by atoms with van der Waals surface area (Å²) in [6, 6.07) is 8.32. The van der Waals surface area contributed by atoms with Gasteiger partial charge in [-0.05, 0) is 11.6 Å². The molecule has 0 radical (unpaired) electrons. The number of nitrogens with zero attached hydrogens (tertiary/aromatic N) is 1. The molecule has 1 heterocycles. The Morgan fingerprint density at radius 3 is 2.64 bits per heavy atom. The van der Waals surface area contributed by atoms with Crippen molar-refractivity contribution in [1.29, 1.82) is 0 Å². The molecule has 1 aromatic carbocycles. The van der Waals surface area contributed by atoms with Gasteiger partial charge in [-0.3, -0.25) is 0 Å². The Balaban J connectivity index is 2.34. The smallest absolute Gasteiger partial charge is 0.0412 e. The Morgan fingerprint density at radius 1 is 1.27 bits per heavy atom. The Kier molecular flexibility index (Phi) is 1.55. The largest absolute Gasteiger partial charge is 0.368 e. The third-order valence-corrected chi connectivity index (χ3v) is 2.00. The van der Waals surface area contributed by atoms with E-state index in [0.717, 1.165) is 0 Å². The van der Waals surface area contributed by atoms with Crippen molar-refractivity contribution in [3.8, 4) is 0 Å². The third kappa shape index (κ3) is 1.21. The average molecular weight is 148 g/mol. The summed E-state index contributed by atoms with van der Waals surface area (Å²) < 4.78 is 0. The minimum Gasteiger partial charge on any atom is -0.368 e. The molecule has 1 aliphatic rings. The van der Waals surface area contributed by atoms with Gasteiger partial charge in [0.15, 0.2) is 0 Å². The topological polar surface area (TPSA) is 29.0 Å². The van der Waals surface area contributed by atoms with Gasteiger partial charge in [0, 0.05) is 25.3 Å². The van der Waals surface area contributed by atoms with E-state index in [-0.39, 0.29) is 0 Å². The molecule has 0 aromatic heterocycles. The van der Waals surface area contributed by atoms with Crippen LogP contribution in [-0.2, 0) is 6.54 Å². The van der Waals surface area contributed by atoms with Gasteiger partial charge in [0.05, 0.1) is 0 Å². The molecule has 1 saturated heterocycles. The lowest BCUT2D eigenvalue weighted by Gasteiger charge is -2.07. The molecule has 0 spiro atoms. The van der Waals surface area contributed by atoms with Crippen molar-refractivity contribution >= 4 is 5.69 Å². The summed E-state index contributed by atoms with van der Waals surface area (Å²) in [4.78, 5) is 2.32. The van der Waals surface area contributed by atoms with E-state index in [1.54, 1.807) is 0 Å². The van der Waals surface area contributed by atoms with Crippen molar-refractivity contribution in [1.82, 2.24) is 0 Å². The lowest BCUT2D eigenvalue weighted by Crippen LogP contribution is -2.02. The standard InChI is InChI=1S/C9H12N2/c10-7-8-3-1-2-4-9(8)11-5-6-11/h1-4H,5-7,10H2. The van der Waals surface area contributed by atoms with Crippen LogP contribution in [0.2, 0.25) is 0 Å². The van der Waals surface area contributed by atoms with Gasteiger partial charge >= 0.3 is 0 Å². The fourth-order valence-electron chi connectivity index (χ4n) is 1.28. The van der Waals surface area contributed by atoms with Crippen LogP contribution in [-0.4, -0.2) is 13.1 Å². The lowest BCUT2D eigenvalue weighted by molar-refractivity contribution is 1.06. The summed E-state index contributed by atoms with van der Waals surface area (Å²) >= 11 is 0. The SMILES string of the molecule is NCc1ccccc1N1CC1. The number of hydrogen-bond donors (Lipinski definition) is 1. The molecular weight excluding hydrogens is 136 g/mol. The quantitative estimate of drug-likeness (QED) is 0.633. The number of nitrogens with two attached hydrogens (primary N) is 1. The Hall–Kier alpha value is -1.02. The zero-order chi connectivity index (χ0) is 7.68. The fourth-order valence-corrected chi connectivity index (χ4v) is 1.28. The lowest BCUT2D eigenvalue weighted by atomic mass is 10.2. The molecule has 2 nitrogen and oxygen atoms in total. The minimum atomic E-state index is 0.646. The first-order valence-electron chi connectivity index (χ1n) is 3.95. The first kappa shape index (κ1) is 6.68. The number of benzene rings is 1. The summed E-state index contributed by atoms with van der Waals surface area (Å²) in [6.07, 6.45) is 0. The summed E-state index contributed by atoms with van der Waals surface area (Å²) in [5.41, 5.74) is 8.16. The van der Waals surface area contributed by atoms with Gasteiger partial charge < -0.3 is 10.6 Å². The van der Waals surface area contributed by atoms with Crippen molar-refractivity contribution in [3.63, 3.8) is 0 Å². The maximum absolute atomic E-state index is 5.59. The highest BCUT2D eigenvalue weighted by molar-refractivity contribution is 5.57. The van der Waals surface area contributed by atoms with E-state index in [2.05, 4.69) is 23.1 Å². The van der Waals surface area contributed by atoms with E-state index in [0.29, 0.717) is 6.54 Å².